The third kappa shape index (κ3) is 4.27. The van der Waals surface area contributed by atoms with Gasteiger partial charge in [0.25, 0.3) is 5.91 Å². The van der Waals surface area contributed by atoms with Gasteiger partial charge in [-0.1, -0.05) is 40.9 Å². The van der Waals surface area contributed by atoms with Crippen molar-refractivity contribution in [3.05, 3.63) is 57.0 Å². The van der Waals surface area contributed by atoms with Gasteiger partial charge in [-0.15, -0.1) is 0 Å². The van der Waals surface area contributed by atoms with E-state index in [0.29, 0.717) is 26.5 Å². The summed E-state index contributed by atoms with van der Waals surface area (Å²) in [5.74, 6) is 0.246. The number of carbonyl (C=O) groups excluding carboxylic acids is 1. The Balaban J connectivity index is 1.96. The van der Waals surface area contributed by atoms with Crippen LogP contribution in [0.1, 0.15) is 5.56 Å². The van der Waals surface area contributed by atoms with E-state index in [4.69, 9.17) is 39.5 Å². The van der Waals surface area contributed by atoms with Gasteiger partial charge in [-0.3, -0.25) is 4.79 Å². The van der Waals surface area contributed by atoms with Crippen LogP contribution in [-0.4, -0.2) is 12.5 Å². The van der Waals surface area contributed by atoms with Gasteiger partial charge in [0.05, 0.1) is 15.7 Å². The van der Waals surface area contributed by atoms with Crippen molar-refractivity contribution in [1.82, 2.24) is 0 Å². The Morgan fingerprint density at radius 3 is 2.62 bits per heavy atom. The number of hydrogen-bond donors (Lipinski definition) is 1. The van der Waals surface area contributed by atoms with Crippen LogP contribution in [0.4, 0.5) is 5.69 Å². The topological polar surface area (TPSA) is 38.3 Å². The second-order valence-corrected chi connectivity index (χ2v) is 5.54. The quantitative estimate of drug-likeness (QED) is 0.850. The first kappa shape index (κ1) is 16.0. The first-order chi connectivity index (χ1) is 9.97. The molecule has 3 nitrogen and oxygen atoms in total. The molecule has 0 saturated heterocycles. The van der Waals surface area contributed by atoms with Gasteiger partial charge in [0.2, 0.25) is 0 Å². The lowest BCUT2D eigenvalue weighted by Gasteiger charge is -2.10. The van der Waals surface area contributed by atoms with Gasteiger partial charge in [-0.05, 0) is 42.8 Å². The highest BCUT2D eigenvalue weighted by Gasteiger charge is 2.09. The van der Waals surface area contributed by atoms with Crippen LogP contribution in [0.25, 0.3) is 0 Å². The standard InChI is InChI=1S/C15H12Cl3NO2/c1-9-7-10(5-6-11(9)16)21-8-14(20)19-13-4-2-3-12(17)15(13)18/h2-7H,8H2,1H3,(H,19,20). The molecule has 0 spiro atoms. The molecule has 0 bridgehead atoms. The van der Waals surface area contributed by atoms with Crippen molar-refractivity contribution in [2.75, 3.05) is 11.9 Å². The molecule has 0 saturated carbocycles. The van der Waals surface area contributed by atoms with E-state index < -0.39 is 0 Å². The number of nitrogens with one attached hydrogen (secondary N) is 1. The molecule has 0 fully saturated rings. The highest BCUT2D eigenvalue weighted by Crippen LogP contribution is 2.29. The lowest BCUT2D eigenvalue weighted by atomic mass is 10.2. The maximum Gasteiger partial charge on any atom is 0.262 e. The van der Waals surface area contributed by atoms with Gasteiger partial charge in [0, 0.05) is 5.02 Å². The van der Waals surface area contributed by atoms with Gasteiger partial charge in [0.15, 0.2) is 6.61 Å². The van der Waals surface area contributed by atoms with Crippen molar-refractivity contribution in [2.24, 2.45) is 0 Å². The van der Waals surface area contributed by atoms with Crippen LogP contribution in [-0.2, 0) is 4.79 Å². The first-order valence-corrected chi connectivity index (χ1v) is 7.23. The van der Waals surface area contributed by atoms with Crippen LogP contribution < -0.4 is 10.1 Å². The Labute approximate surface area is 137 Å². The number of rotatable bonds is 4. The van der Waals surface area contributed by atoms with Crippen molar-refractivity contribution in [3.8, 4) is 5.75 Å². The van der Waals surface area contributed by atoms with E-state index in [-0.39, 0.29) is 12.5 Å². The molecule has 6 heteroatoms. The van der Waals surface area contributed by atoms with Gasteiger partial charge < -0.3 is 10.1 Å². The molecule has 110 valence electrons. The van der Waals surface area contributed by atoms with Crippen LogP contribution in [0.15, 0.2) is 36.4 Å². The summed E-state index contributed by atoms with van der Waals surface area (Å²) in [4.78, 5) is 11.8. The lowest BCUT2D eigenvalue weighted by Crippen LogP contribution is -2.20. The second-order valence-electron chi connectivity index (χ2n) is 4.35. The third-order valence-electron chi connectivity index (χ3n) is 2.73. The van der Waals surface area contributed by atoms with Crippen molar-refractivity contribution in [2.45, 2.75) is 6.92 Å². The SMILES string of the molecule is Cc1cc(OCC(=O)Nc2cccc(Cl)c2Cl)ccc1Cl. The highest BCUT2D eigenvalue weighted by atomic mass is 35.5. The van der Waals surface area contributed by atoms with Gasteiger partial charge in [-0.2, -0.15) is 0 Å². The summed E-state index contributed by atoms with van der Waals surface area (Å²) in [6.07, 6.45) is 0. The second kappa shape index (κ2) is 7.03. The summed E-state index contributed by atoms with van der Waals surface area (Å²) in [5.41, 5.74) is 1.33. The molecule has 1 amide bonds. The van der Waals surface area contributed by atoms with Gasteiger partial charge >= 0.3 is 0 Å². The zero-order valence-electron chi connectivity index (χ0n) is 11.1. The summed E-state index contributed by atoms with van der Waals surface area (Å²) in [7, 11) is 0. The molecule has 0 radical (unpaired) electrons. The first-order valence-electron chi connectivity index (χ1n) is 6.10. The van der Waals surface area contributed by atoms with Crippen molar-refractivity contribution in [3.63, 3.8) is 0 Å². The molecule has 2 rings (SSSR count). The fourth-order valence-corrected chi connectivity index (χ4v) is 2.11. The van der Waals surface area contributed by atoms with E-state index in [9.17, 15) is 4.79 Å². The molecule has 0 aromatic heterocycles. The summed E-state index contributed by atoms with van der Waals surface area (Å²) in [6, 6.07) is 10.2. The number of ether oxygens (including phenoxy) is 1. The maximum atomic E-state index is 11.8. The smallest absolute Gasteiger partial charge is 0.262 e. The van der Waals surface area contributed by atoms with Crippen molar-refractivity contribution >= 4 is 46.4 Å². The van der Waals surface area contributed by atoms with E-state index in [1.54, 1.807) is 36.4 Å². The van der Waals surface area contributed by atoms with Crippen LogP contribution in [0, 0.1) is 6.92 Å². The number of halogens is 3. The number of anilines is 1. The van der Waals surface area contributed by atoms with E-state index >= 15 is 0 Å². The molecule has 0 aliphatic carbocycles. The van der Waals surface area contributed by atoms with Gasteiger partial charge in [-0.25, -0.2) is 0 Å². The number of aryl methyl sites for hydroxylation is 1. The number of benzene rings is 2. The zero-order valence-corrected chi connectivity index (χ0v) is 13.4. The Hall–Kier alpha value is -1.42. The van der Waals surface area contributed by atoms with E-state index in [0.717, 1.165) is 5.56 Å². The predicted octanol–water partition coefficient (Wildman–Crippen LogP) is 4.97. The molecule has 0 atom stereocenters. The minimum Gasteiger partial charge on any atom is -0.484 e. The average Bonchev–Trinajstić information content (AvgIpc) is 2.45. The monoisotopic (exact) mass is 343 g/mol. The number of carbonyl (C=O) groups is 1. The van der Waals surface area contributed by atoms with E-state index in [1.165, 1.54) is 0 Å². The lowest BCUT2D eigenvalue weighted by molar-refractivity contribution is -0.118. The summed E-state index contributed by atoms with van der Waals surface area (Å²) in [5, 5.41) is 3.97. The Bertz CT molecular complexity index is 674. The molecular weight excluding hydrogens is 333 g/mol. The summed E-state index contributed by atoms with van der Waals surface area (Å²) >= 11 is 17.8. The van der Waals surface area contributed by atoms with Gasteiger partial charge in [0.1, 0.15) is 5.75 Å². The fourth-order valence-electron chi connectivity index (χ4n) is 1.64. The zero-order chi connectivity index (χ0) is 15.4. The van der Waals surface area contributed by atoms with Crippen LogP contribution in [0.2, 0.25) is 15.1 Å². The minimum absolute atomic E-state index is 0.135. The molecule has 0 heterocycles. The summed E-state index contributed by atoms with van der Waals surface area (Å²) < 4.78 is 5.40. The number of amides is 1. The molecule has 21 heavy (non-hydrogen) atoms. The van der Waals surface area contributed by atoms with Crippen molar-refractivity contribution < 1.29 is 9.53 Å². The predicted molar refractivity (Wildman–Crippen MR) is 86.8 cm³/mol. The van der Waals surface area contributed by atoms with E-state index in [1.807, 2.05) is 6.92 Å². The van der Waals surface area contributed by atoms with Crippen LogP contribution >= 0.6 is 34.8 Å². The van der Waals surface area contributed by atoms with E-state index in [2.05, 4.69) is 5.32 Å². The summed E-state index contributed by atoms with van der Waals surface area (Å²) in [6.45, 7) is 1.73. The molecule has 2 aromatic rings. The highest BCUT2D eigenvalue weighted by molar-refractivity contribution is 6.44. The van der Waals surface area contributed by atoms with Crippen LogP contribution in [0.5, 0.6) is 5.75 Å². The largest absolute Gasteiger partial charge is 0.484 e. The Morgan fingerprint density at radius 1 is 1.14 bits per heavy atom. The minimum atomic E-state index is -0.327. The Morgan fingerprint density at radius 2 is 1.90 bits per heavy atom. The normalized spacial score (nSPS) is 10.3. The maximum absolute atomic E-state index is 11.8. The fraction of sp³-hybridized carbons (Fsp3) is 0.133. The molecule has 2 aromatic carbocycles. The molecule has 0 aliphatic rings. The third-order valence-corrected chi connectivity index (χ3v) is 3.97. The average molecular weight is 345 g/mol. The molecular formula is C15H12Cl3NO2. The molecule has 0 aliphatic heterocycles. The molecule has 1 N–H and O–H groups in total. The van der Waals surface area contributed by atoms with Crippen molar-refractivity contribution in [1.29, 1.82) is 0 Å². The number of hydrogen-bond acceptors (Lipinski definition) is 2. The Kier molecular flexibility index (Phi) is 5.34. The van der Waals surface area contributed by atoms with Crippen LogP contribution in [0.3, 0.4) is 0 Å². The molecule has 0 unspecified atom stereocenters.